The molecule has 160 valence electrons. The molecule has 11 heteroatoms. The zero-order valence-electron chi connectivity index (χ0n) is 16.4. The zero-order chi connectivity index (χ0) is 22.7. The van der Waals surface area contributed by atoms with Gasteiger partial charge in [-0.25, -0.2) is 13.8 Å². The van der Waals surface area contributed by atoms with Crippen LogP contribution in [0.1, 0.15) is 20.8 Å². The normalized spacial score (nSPS) is 10.6. The summed E-state index contributed by atoms with van der Waals surface area (Å²) in [5.74, 6) is -3.19. The molecule has 0 aliphatic heterocycles. The van der Waals surface area contributed by atoms with E-state index in [4.69, 9.17) is 0 Å². The van der Waals surface area contributed by atoms with Gasteiger partial charge in [0, 0.05) is 27.6 Å². The van der Waals surface area contributed by atoms with E-state index in [0.717, 1.165) is 29.5 Å². The number of rotatable bonds is 6. The molecule has 1 aromatic heterocycles. The van der Waals surface area contributed by atoms with Crippen LogP contribution in [0.3, 0.4) is 0 Å². The Bertz CT molecular complexity index is 1200. The summed E-state index contributed by atoms with van der Waals surface area (Å²) < 4.78 is 26.6. The number of halogens is 2. The van der Waals surface area contributed by atoms with Crippen molar-refractivity contribution in [2.45, 2.75) is 13.8 Å². The fourth-order valence-corrected chi connectivity index (χ4v) is 3.59. The van der Waals surface area contributed by atoms with Crippen molar-refractivity contribution in [3.05, 3.63) is 74.2 Å². The summed E-state index contributed by atoms with van der Waals surface area (Å²) in [7, 11) is 0. The summed E-state index contributed by atoms with van der Waals surface area (Å²) in [4.78, 5) is 39.7. The summed E-state index contributed by atoms with van der Waals surface area (Å²) in [6.07, 6.45) is 0. The predicted molar refractivity (Wildman–Crippen MR) is 111 cm³/mol. The number of aromatic nitrogens is 1. The van der Waals surface area contributed by atoms with Crippen LogP contribution in [-0.4, -0.2) is 28.3 Å². The third kappa shape index (κ3) is 5.07. The van der Waals surface area contributed by atoms with Crippen molar-refractivity contribution in [2.24, 2.45) is 0 Å². The zero-order valence-corrected chi connectivity index (χ0v) is 17.2. The first-order valence-electron chi connectivity index (χ1n) is 8.91. The monoisotopic (exact) mass is 446 g/mol. The molecule has 0 radical (unpaired) electrons. The Morgan fingerprint density at radius 2 is 1.87 bits per heavy atom. The van der Waals surface area contributed by atoms with Crippen LogP contribution in [0.5, 0.6) is 0 Å². The van der Waals surface area contributed by atoms with Crippen LogP contribution in [0.15, 0.2) is 36.4 Å². The fourth-order valence-electron chi connectivity index (χ4n) is 2.73. The third-order valence-electron chi connectivity index (χ3n) is 4.31. The number of amides is 2. The van der Waals surface area contributed by atoms with E-state index in [0.29, 0.717) is 21.7 Å². The number of nitrogens with one attached hydrogen (secondary N) is 2. The number of anilines is 1. The molecular weight excluding hydrogens is 430 g/mol. The van der Waals surface area contributed by atoms with Gasteiger partial charge in [0.05, 0.1) is 17.2 Å². The van der Waals surface area contributed by atoms with E-state index in [1.54, 1.807) is 13.8 Å². The molecule has 0 fully saturated rings. The maximum Gasteiger partial charge on any atom is 0.273 e. The number of hydrogen-bond donors (Lipinski definition) is 2. The highest BCUT2D eigenvalue weighted by Crippen LogP contribution is 2.31. The highest BCUT2D eigenvalue weighted by Gasteiger charge is 2.17. The van der Waals surface area contributed by atoms with Crippen LogP contribution in [0.4, 0.5) is 19.6 Å². The van der Waals surface area contributed by atoms with E-state index in [1.165, 1.54) is 18.2 Å². The highest BCUT2D eigenvalue weighted by atomic mass is 32.1. The SMILES string of the molecule is Cc1ccc(C(=O)NCC(=O)Nc2nc(-c3ccc(F)c(F)c3)c(C)s2)cc1[N+](=O)[O-]. The fraction of sp³-hybridized carbons (Fsp3) is 0.150. The number of nitro benzene ring substituents is 1. The summed E-state index contributed by atoms with van der Waals surface area (Å²) in [6, 6.07) is 7.41. The molecular formula is C20H16F2N4O4S. The number of nitro groups is 1. The van der Waals surface area contributed by atoms with Crippen LogP contribution < -0.4 is 10.6 Å². The minimum Gasteiger partial charge on any atom is -0.343 e. The maximum absolute atomic E-state index is 13.5. The second kappa shape index (κ2) is 8.96. The number of hydrogen-bond acceptors (Lipinski definition) is 6. The molecule has 1 heterocycles. The topological polar surface area (TPSA) is 114 Å². The van der Waals surface area contributed by atoms with Gasteiger partial charge < -0.3 is 10.6 Å². The van der Waals surface area contributed by atoms with Gasteiger partial charge in [-0.1, -0.05) is 6.07 Å². The molecule has 0 bridgehead atoms. The quantitative estimate of drug-likeness (QED) is 0.439. The van der Waals surface area contributed by atoms with Crippen LogP contribution in [0.25, 0.3) is 11.3 Å². The van der Waals surface area contributed by atoms with Crippen molar-refractivity contribution in [1.29, 1.82) is 0 Å². The predicted octanol–water partition coefficient (Wildman–Crippen LogP) is 3.98. The number of thiazole rings is 1. The summed E-state index contributed by atoms with van der Waals surface area (Å²) in [6.45, 7) is 2.88. The van der Waals surface area contributed by atoms with E-state index in [1.807, 2.05) is 0 Å². The first kappa shape index (κ1) is 22.0. The van der Waals surface area contributed by atoms with Gasteiger partial charge in [0.25, 0.3) is 11.6 Å². The molecule has 0 spiro atoms. The lowest BCUT2D eigenvalue weighted by atomic mass is 10.1. The van der Waals surface area contributed by atoms with Gasteiger partial charge in [-0.3, -0.25) is 19.7 Å². The Labute approximate surface area is 179 Å². The van der Waals surface area contributed by atoms with Gasteiger partial charge in [0.15, 0.2) is 16.8 Å². The van der Waals surface area contributed by atoms with Crippen molar-refractivity contribution in [1.82, 2.24) is 10.3 Å². The highest BCUT2D eigenvalue weighted by molar-refractivity contribution is 7.16. The number of benzene rings is 2. The molecule has 0 atom stereocenters. The smallest absolute Gasteiger partial charge is 0.273 e. The molecule has 0 aliphatic rings. The van der Waals surface area contributed by atoms with Gasteiger partial charge in [-0.05, 0) is 38.1 Å². The molecule has 2 N–H and O–H groups in total. The molecule has 0 unspecified atom stereocenters. The van der Waals surface area contributed by atoms with Gasteiger partial charge in [-0.15, -0.1) is 11.3 Å². The molecule has 0 saturated carbocycles. The molecule has 2 aromatic carbocycles. The molecule has 8 nitrogen and oxygen atoms in total. The Balaban J connectivity index is 1.64. The number of carbonyl (C=O) groups excluding carboxylic acids is 2. The molecule has 0 saturated heterocycles. The Kier molecular flexibility index (Phi) is 6.35. The first-order valence-corrected chi connectivity index (χ1v) is 9.73. The number of carbonyl (C=O) groups is 2. The standard InChI is InChI=1S/C20H16F2N4O4S/c1-10-3-4-13(8-16(10)26(29)30)19(28)23-9-17(27)24-20-25-18(11(2)31-20)12-5-6-14(21)15(22)7-12/h3-8H,9H2,1-2H3,(H,23,28)(H,24,25,27). The van der Waals surface area contributed by atoms with Crippen LogP contribution in [0.2, 0.25) is 0 Å². The van der Waals surface area contributed by atoms with Gasteiger partial charge in [0.1, 0.15) is 0 Å². The van der Waals surface area contributed by atoms with E-state index in [2.05, 4.69) is 15.6 Å². The molecule has 0 aliphatic carbocycles. The van der Waals surface area contributed by atoms with E-state index < -0.39 is 28.4 Å². The van der Waals surface area contributed by atoms with E-state index in [-0.39, 0.29) is 22.9 Å². The van der Waals surface area contributed by atoms with Crippen molar-refractivity contribution in [2.75, 3.05) is 11.9 Å². The molecule has 3 rings (SSSR count). The Hall–Kier alpha value is -3.73. The second-order valence-electron chi connectivity index (χ2n) is 6.54. The summed E-state index contributed by atoms with van der Waals surface area (Å²) >= 11 is 1.14. The lowest BCUT2D eigenvalue weighted by molar-refractivity contribution is -0.385. The minimum absolute atomic E-state index is 0.0517. The lowest BCUT2D eigenvalue weighted by Gasteiger charge is -2.06. The summed E-state index contributed by atoms with van der Waals surface area (Å²) in [5, 5.41) is 16.1. The van der Waals surface area contributed by atoms with Crippen molar-refractivity contribution in [3.63, 3.8) is 0 Å². The Morgan fingerprint density at radius 1 is 1.13 bits per heavy atom. The van der Waals surface area contributed by atoms with Crippen LogP contribution in [-0.2, 0) is 4.79 Å². The maximum atomic E-state index is 13.5. The largest absolute Gasteiger partial charge is 0.343 e. The first-order chi connectivity index (χ1) is 14.7. The van der Waals surface area contributed by atoms with E-state index in [9.17, 15) is 28.5 Å². The van der Waals surface area contributed by atoms with Gasteiger partial charge in [0.2, 0.25) is 5.91 Å². The summed E-state index contributed by atoms with van der Waals surface area (Å²) in [5.41, 5.74) is 1.03. The number of nitrogens with zero attached hydrogens (tertiary/aromatic N) is 2. The Morgan fingerprint density at radius 3 is 2.55 bits per heavy atom. The van der Waals surface area contributed by atoms with Crippen molar-refractivity contribution >= 4 is 34.0 Å². The molecule has 2 amide bonds. The van der Waals surface area contributed by atoms with Crippen LogP contribution >= 0.6 is 11.3 Å². The van der Waals surface area contributed by atoms with Gasteiger partial charge in [-0.2, -0.15) is 0 Å². The van der Waals surface area contributed by atoms with Crippen molar-refractivity contribution < 1.29 is 23.3 Å². The van der Waals surface area contributed by atoms with Crippen LogP contribution in [0, 0.1) is 35.6 Å². The third-order valence-corrected chi connectivity index (χ3v) is 5.20. The second-order valence-corrected chi connectivity index (χ2v) is 7.75. The average Bonchev–Trinajstić information content (AvgIpc) is 3.08. The number of aryl methyl sites for hydroxylation is 2. The lowest BCUT2D eigenvalue weighted by Crippen LogP contribution is -2.32. The minimum atomic E-state index is -1.01. The molecule has 31 heavy (non-hydrogen) atoms. The molecule has 3 aromatic rings. The van der Waals surface area contributed by atoms with Crippen molar-refractivity contribution in [3.8, 4) is 11.3 Å². The van der Waals surface area contributed by atoms with E-state index >= 15 is 0 Å². The van der Waals surface area contributed by atoms with Gasteiger partial charge >= 0.3 is 0 Å². The average molecular weight is 446 g/mol.